The summed E-state index contributed by atoms with van der Waals surface area (Å²) in [6.45, 7) is 1.91. The van der Waals surface area contributed by atoms with E-state index in [4.69, 9.17) is 21.4 Å². The van der Waals surface area contributed by atoms with Crippen molar-refractivity contribution in [1.29, 1.82) is 0 Å². The Labute approximate surface area is 108 Å². The first kappa shape index (κ1) is 12.3. The monoisotopic (exact) mass is 264 g/mol. The first-order valence-electron chi connectivity index (χ1n) is 5.05. The molecule has 18 heavy (non-hydrogen) atoms. The van der Waals surface area contributed by atoms with Gasteiger partial charge in [-0.25, -0.2) is 14.8 Å². The maximum atomic E-state index is 10.6. The lowest BCUT2D eigenvalue weighted by atomic mass is 10.2. The highest BCUT2D eigenvalue weighted by Gasteiger charge is 2.08. The highest BCUT2D eigenvalue weighted by atomic mass is 35.5. The molecule has 0 saturated heterocycles. The second-order valence-electron chi connectivity index (χ2n) is 3.58. The van der Waals surface area contributed by atoms with E-state index in [0.29, 0.717) is 10.8 Å². The number of halogens is 1. The van der Waals surface area contributed by atoms with Crippen LogP contribution in [-0.2, 0) is 0 Å². The Morgan fingerprint density at radius 2 is 2.11 bits per heavy atom. The number of carboxylic acids is 1. The molecule has 0 aliphatic heterocycles. The van der Waals surface area contributed by atoms with Crippen LogP contribution >= 0.6 is 11.6 Å². The van der Waals surface area contributed by atoms with E-state index in [9.17, 15) is 4.79 Å². The predicted molar refractivity (Wildman–Crippen MR) is 65.3 cm³/mol. The van der Waals surface area contributed by atoms with Crippen LogP contribution in [-0.4, -0.2) is 21.0 Å². The van der Waals surface area contributed by atoms with Crippen LogP contribution in [0, 0.1) is 6.92 Å². The summed E-state index contributed by atoms with van der Waals surface area (Å²) >= 11 is 5.96. The predicted octanol–water partition coefficient (Wildman–Crippen LogP) is 2.93. The Hall–Kier alpha value is -2.14. The number of carboxylic acid groups (broad SMARTS) is 1. The third kappa shape index (κ3) is 2.75. The van der Waals surface area contributed by atoms with Crippen molar-refractivity contribution in [2.24, 2.45) is 0 Å². The molecule has 0 bridgehead atoms. The number of aromatic carboxylic acids is 1. The molecule has 1 heterocycles. The van der Waals surface area contributed by atoms with Gasteiger partial charge >= 0.3 is 5.97 Å². The van der Waals surface area contributed by atoms with Gasteiger partial charge in [0.25, 0.3) is 0 Å². The zero-order chi connectivity index (χ0) is 13.1. The van der Waals surface area contributed by atoms with Gasteiger partial charge in [0.1, 0.15) is 5.75 Å². The molecule has 92 valence electrons. The Morgan fingerprint density at radius 1 is 1.33 bits per heavy atom. The standard InChI is InChI=1S/C12H9ClN2O3/c1-7-2-3-8(13)10(4-7)18-11-6-14-9(5-15-11)12(16)17/h2-6H,1H3,(H,16,17). The van der Waals surface area contributed by atoms with Crippen molar-refractivity contribution < 1.29 is 14.6 Å². The van der Waals surface area contributed by atoms with E-state index >= 15 is 0 Å². The Morgan fingerprint density at radius 3 is 2.72 bits per heavy atom. The normalized spacial score (nSPS) is 10.1. The number of hydrogen-bond acceptors (Lipinski definition) is 4. The van der Waals surface area contributed by atoms with Crippen molar-refractivity contribution in [2.75, 3.05) is 0 Å². The second-order valence-corrected chi connectivity index (χ2v) is 3.99. The SMILES string of the molecule is Cc1ccc(Cl)c(Oc2cnc(C(=O)O)cn2)c1. The number of carbonyl (C=O) groups is 1. The third-order valence-electron chi connectivity index (χ3n) is 2.15. The summed E-state index contributed by atoms with van der Waals surface area (Å²) in [7, 11) is 0. The van der Waals surface area contributed by atoms with E-state index in [2.05, 4.69) is 9.97 Å². The zero-order valence-corrected chi connectivity index (χ0v) is 10.2. The van der Waals surface area contributed by atoms with Gasteiger partial charge in [0, 0.05) is 0 Å². The molecular formula is C12H9ClN2O3. The lowest BCUT2D eigenvalue weighted by Gasteiger charge is -2.07. The summed E-state index contributed by atoms with van der Waals surface area (Å²) in [5.41, 5.74) is 0.849. The Bertz CT molecular complexity index is 584. The molecule has 1 N–H and O–H groups in total. The number of aryl methyl sites for hydroxylation is 1. The minimum Gasteiger partial charge on any atom is -0.476 e. The third-order valence-corrected chi connectivity index (χ3v) is 2.46. The van der Waals surface area contributed by atoms with E-state index in [1.807, 2.05) is 13.0 Å². The van der Waals surface area contributed by atoms with Crippen LogP contribution in [0.4, 0.5) is 0 Å². The summed E-state index contributed by atoms with van der Waals surface area (Å²) in [5.74, 6) is -0.496. The Kier molecular flexibility index (Phi) is 3.43. The quantitative estimate of drug-likeness (QED) is 0.923. The molecule has 0 amide bonds. The summed E-state index contributed by atoms with van der Waals surface area (Å²) in [6.07, 6.45) is 2.36. The van der Waals surface area contributed by atoms with Crippen LogP contribution in [0.25, 0.3) is 0 Å². The molecule has 0 spiro atoms. The van der Waals surface area contributed by atoms with Crippen LogP contribution in [0.2, 0.25) is 5.02 Å². The molecule has 0 unspecified atom stereocenters. The fraction of sp³-hybridized carbons (Fsp3) is 0.0833. The fourth-order valence-corrected chi connectivity index (χ4v) is 1.44. The van der Waals surface area contributed by atoms with Gasteiger partial charge in [0.2, 0.25) is 5.88 Å². The molecule has 0 atom stereocenters. The van der Waals surface area contributed by atoms with Crippen molar-refractivity contribution in [3.05, 3.63) is 46.9 Å². The molecule has 0 aliphatic carbocycles. The smallest absolute Gasteiger partial charge is 0.356 e. The van der Waals surface area contributed by atoms with Crippen molar-refractivity contribution in [2.45, 2.75) is 6.92 Å². The number of hydrogen-bond donors (Lipinski definition) is 1. The fourth-order valence-electron chi connectivity index (χ4n) is 1.28. The minimum absolute atomic E-state index is 0.141. The summed E-state index contributed by atoms with van der Waals surface area (Å²) < 4.78 is 5.43. The average Bonchev–Trinajstić information content (AvgIpc) is 2.34. The molecule has 0 aliphatic rings. The van der Waals surface area contributed by atoms with E-state index in [-0.39, 0.29) is 11.6 Å². The molecule has 0 fully saturated rings. The van der Waals surface area contributed by atoms with Crippen LogP contribution in [0.5, 0.6) is 11.6 Å². The molecule has 1 aromatic heterocycles. The van der Waals surface area contributed by atoms with E-state index in [1.165, 1.54) is 6.20 Å². The molecule has 6 heteroatoms. The van der Waals surface area contributed by atoms with Crippen molar-refractivity contribution in [3.8, 4) is 11.6 Å². The maximum absolute atomic E-state index is 10.6. The lowest BCUT2D eigenvalue weighted by Crippen LogP contribution is -2.01. The molecule has 2 rings (SSSR count). The van der Waals surface area contributed by atoms with Gasteiger partial charge in [-0.3, -0.25) is 0 Å². The summed E-state index contributed by atoms with van der Waals surface area (Å²) in [4.78, 5) is 18.1. The summed E-state index contributed by atoms with van der Waals surface area (Å²) in [5, 5.41) is 9.13. The molecule has 0 saturated carbocycles. The van der Waals surface area contributed by atoms with Crippen LogP contribution < -0.4 is 4.74 Å². The van der Waals surface area contributed by atoms with E-state index in [0.717, 1.165) is 11.8 Å². The van der Waals surface area contributed by atoms with E-state index < -0.39 is 5.97 Å². The number of nitrogens with zero attached hydrogens (tertiary/aromatic N) is 2. The van der Waals surface area contributed by atoms with Crippen LogP contribution in [0.3, 0.4) is 0 Å². The molecule has 2 aromatic rings. The van der Waals surface area contributed by atoms with Crippen LogP contribution in [0.1, 0.15) is 16.1 Å². The van der Waals surface area contributed by atoms with Gasteiger partial charge < -0.3 is 9.84 Å². The summed E-state index contributed by atoms with van der Waals surface area (Å²) in [6, 6.07) is 5.33. The number of benzene rings is 1. The molecular weight excluding hydrogens is 256 g/mol. The molecule has 0 radical (unpaired) electrons. The van der Waals surface area contributed by atoms with Gasteiger partial charge in [-0.15, -0.1) is 0 Å². The van der Waals surface area contributed by atoms with Crippen molar-refractivity contribution >= 4 is 17.6 Å². The van der Waals surface area contributed by atoms with Gasteiger partial charge in [0.15, 0.2) is 5.69 Å². The van der Waals surface area contributed by atoms with E-state index in [1.54, 1.807) is 12.1 Å². The van der Waals surface area contributed by atoms with Crippen LogP contribution in [0.15, 0.2) is 30.6 Å². The molecule has 5 nitrogen and oxygen atoms in total. The highest BCUT2D eigenvalue weighted by molar-refractivity contribution is 6.32. The Balaban J connectivity index is 2.23. The molecule has 1 aromatic carbocycles. The maximum Gasteiger partial charge on any atom is 0.356 e. The number of aromatic nitrogens is 2. The largest absolute Gasteiger partial charge is 0.476 e. The van der Waals surface area contributed by atoms with Crippen molar-refractivity contribution in [1.82, 2.24) is 9.97 Å². The first-order chi connectivity index (χ1) is 8.56. The van der Waals surface area contributed by atoms with Gasteiger partial charge in [0.05, 0.1) is 17.4 Å². The second kappa shape index (κ2) is 5.01. The average molecular weight is 265 g/mol. The number of ether oxygens (including phenoxy) is 1. The topological polar surface area (TPSA) is 72.3 Å². The van der Waals surface area contributed by atoms with Gasteiger partial charge in [-0.1, -0.05) is 17.7 Å². The zero-order valence-electron chi connectivity index (χ0n) is 9.42. The minimum atomic E-state index is -1.14. The van der Waals surface area contributed by atoms with Gasteiger partial charge in [-0.05, 0) is 24.6 Å². The lowest BCUT2D eigenvalue weighted by molar-refractivity contribution is 0.0690. The first-order valence-corrected chi connectivity index (χ1v) is 5.43. The number of rotatable bonds is 3. The van der Waals surface area contributed by atoms with Crippen molar-refractivity contribution in [3.63, 3.8) is 0 Å². The van der Waals surface area contributed by atoms with Gasteiger partial charge in [-0.2, -0.15) is 0 Å². The highest BCUT2D eigenvalue weighted by Crippen LogP contribution is 2.28.